The largest absolute Gasteiger partial charge is 0.345 e. The molecule has 0 amide bonds. The minimum atomic E-state index is -0.321. The molecular formula is C26H51N2O+. The van der Waals surface area contributed by atoms with E-state index in [-0.39, 0.29) is 12.4 Å². The van der Waals surface area contributed by atoms with Crippen LogP contribution in [0.25, 0.3) is 0 Å². The summed E-state index contributed by atoms with van der Waals surface area (Å²) in [6.07, 6.45) is 28.4. The number of rotatable bonds is 19. The van der Waals surface area contributed by atoms with Crippen LogP contribution in [0.5, 0.6) is 0 Å². The second-order valence-corrected chi connectivity index (χ2v) is 9.13. The summed E-state index contributed by atoms with van der Waals surface area (Å²) in [6.45, 7) is 8.23. The minimum absolute atomic E-state index is 0.264. The molecule has 0 radical (unpaired) electrons. The van der Waals surface area contributed by atoms with Gasteiger partial charge >= 0.3 is 0 Å². The molecule has 0 bridgehead atoms. The highest BCUT2D eigenvalue weighted by molar-refractivity contribution is 5.60. The molecule has 0 saturated heterocycles. The molecule has 1 rings (SSSR count). The molecule has 0 aliphatic carbocycles. The maximum atomic E-state index is 10.2. The van der Waals surface area contributed by atoms with Gasteiger partial charge in [0.25, 0.3) is 0 Å². The Morgan fingerprint density at radius 3 is 1.90 bits per heavy atom. The Morgan fingerprint density at radius 1 is 0.862 bits per heavy atom. The summed E-state index contributed by atoms with van der Waals surface area (Å²) >= 11 is 0. The van der Waals surface area contributed by atoms with Crippen LogP contribution in [0.1, 0.15) is 124 Å². The number of aliphatic imine (C=N–C) groups is 1. The van der Waals surface area contributed by atoms with E-state index < -0.39 is 0 Å². The topological polar surface area (TPSA) is 32.6 Å². The van der Waals surface area contributed by atoms with Crippen molar-refractivity contribution >= 4 is 6.21 Å². The van der Waals surface area contributed by atoms with Gasteiger partial charge in [0.2, 0.25) is 0 Å². The predicted molar refractivity (Wildman–Crippen MR) is 128 cm³/mol. The van der Waals surface area contributed by atoms with Gasteiger partial charge < -0.3 is 5.11 Å². The molecule has 0 aromatic carbocycles. The molecule has 1 N–H and O–H groups in total. The zero-order valence-corrected chi connectivity index (χ0v) is 20.0. The lowest BCUT2D eigenvalue weighted by molar-refractivity contribution is -0.976. The number of hydrogen-bond acceptors (Lipinski definition) is 2. The molecule has 0 aromatic rings. The summed E-state index contributed by atoms with van der Waals surface area (Å²) in [6, 6.07) is 0. The van der Waals surface area contributed by atoms with Crippen LogP contribution in [0, 0.1) is 0 Å². The van der Waals surface area contributed by atoms with Crippen molar-refractivity contribution in [3.05, 3.63) is 12.2 Å². The lowest BCUT2D eigenvalue weighted by Gasteiger charge is -2.40. The number of aliphatic hydroxyl groups is 1. The van der Waals surface area contributed by atoms with Crippen molar-refractivity contribution in [3.8, 4) is 0 Å². The molecule has 1 aliphatic rings. The van der Waals surface area contributed by atoms with E-state index in [2.05, 4.69) is 31.0 Å². The normalized spacial score (nSPS) is 22.7. The van der Waals surface area contributed by atoms with Gasteiger partial charge in [-0.05, 0) is 39.0 Å². The summed E-state index contributed by atoms with van der Waals surface area (Å²) in [4.78, 5) is 4.66. The van der Waals surface area contributed by atoms with E-state index in [0.29, 0.717) is 0 Å². The van der Waals surface area contributed by atoms with E-state index in [0.717, 1.165) is 24.0 Å². The first-order valence-electron chi connectivity index (χ1n) is 12.9. The summed E-state index contributed by atoms with van der Waals surface area (Å²) < 4.78 is 0.731. The van der Waals surface area contributed by atoms with E-state index in [1.165, 1.54) is 96.3 Å². The first-order chi connectivity index (χ1) is 14.2. The van der Waals surface area contributed by atoms with Gasteiger partial charge in [-0.25, -0.2) is 4.99 Å². The third kappa shape index (κ3) is 10.8. The Hall–Kier alpha value is -0.670. The van der Waals surface area contributed by atoms with E-state index in [4.69, 9.17) is 0 Å². The van der Waals surface area contributed by atoms with Crippen LogP contribution in [0.3, 0.4) is 0 Å². The summed E-state index contributed by atoms with van der Waals surface area (Å²) in [5.74, 6) is 0. The van der Waals surface area contributed by atoms with Gasteiger partial charge in [-0.15, -0.1) is 0 Å². The van der Waals surface area contributed by atoms with E-state index in [1.807, 2.05) is 13.1 Å². The number of aliphatic hydroxyl groups excluding tert-OH is 1. The highest BCUT2D eigenvalue weighted by Gasteiger charge is 2.41. The Labute approximate surface area is 182 Å². The first kappa shape index (κ1) is 26.4. The molecule has 3 unspecified atom stereocenters. The maximum absolute atomic E-state index is 10.2. The SMILES string of the molecule is CCCCCCCCCCCCC/C=C/CCCCC1N=CC[N+]1(CC)C(C)O. The van der Waals surface area contributed by atoms with Crippen molar-refractivity contribution in [3.63, 3.8) is 0 Å². The van der Waals surface area contributed by atoms with Crippen molar-refractivity contribution in [1.29, 1.82) is 0 Å². The highest BCUT2D eigenvalue weighted by Crippen LogP contribution is 2.26. The van der Waals surface area contributed by atoms with Crippen molar-refractivity contribution in [1.82, 2.24) is 0 Å². The monoisotopic (exact) mass is 407 g/mol. The predicted octanol–water partition coefficient (Wildman–Crippen LogP) is 7.39. The average molecular weight is 408 g/mol. The number of unbranched alkanes of at least 4 members (excludes halogenated alkanes) is 13. The number of hydrogen-bond donors (Lipinski definition) is 1. The fraction of sp³-hybridized carbons (Fsp3) is 0.885. The number of quaternary nitrogens is 1. The zero-order valence-electron chi connectivity index (χ0n) is 20.0. The first-order valence-corrected chi connectivity index (χ1v) is 12.9. The summed E-state index contributed by atoms with van der Waals surface area (Å²) in [5.41, 5.74) is 0. The molecule has 1 heterocycles. The van der Waals surface area contributed by atoms with E-state index in [9.17, 15) is 5.11 Å². The van der Waals surface area contributed by atoms with Crippen LogP contribution < -0.4 is 0 Å². The van der Waals surface area contributed by atoms with Gasteiger partial charge in [0.15, 0.2) is 12.4 Å². The lowest BCUT2D eigenvalue weighted by atomic mass is 10.1. The third-order valence-electron chi connectivity index (χ3n) is 6.85. The molecule has 0 aromatic heterocycles. The Kier molecular flexibility index (Phi) is 15.5. The smallest absolute Gasteiger partial charge is 0.189 e. The molecule has 170 valence electrons. The van der Waals surface area contributed by atoms with Gasteiger partial charge in [-0.1, -0.05) is 83.3 Å². The number of allylic oxidation sites excluding steroid dienone is 2. The van der Waals surface area contributed by atoms with Gasteiger partial charge in [0.05, 0.1) is 12.8 Å². The second-order valence-electron chi connectivity index (χ2n) is 9.13. The summed E-state index contributed by atoms with van der Waals surface area (Å²) in [7, 11) is 0. The van der Waals surface area contributed by atoms with Crippen LogP contribution in [0.2, 0.25) is 0 Å². The third-order valence-corrected chi connectivity index (χ3v) is 6.85. The van der Waals surface area contributed by atoms with Crippen molar-refractivity contribution in [2.45, 2.75) is 136 Å². The van der Waals surface area contributed by atoms with Crippen molar-refractivity contribution in [2.24, 2.45) is 4.99 Å². The van der Waals surface area contributed by atoms with Gasteiger partial charge in [0, 0.05) is 13.3 Å². The quantitative estimate of drug-likeness (QED) is 0.135. The molecule has 29 heavy (non-hydrogen) atoms. The minimum Gasteiger partial charge on any atom is -0.345 e. The molecule has 1 aliphatic heterocycles. The van der Waals surface area contributed by atoms with Crippen molar-refractivity contribution in [2.75, 3.05) is 13.1 Å². The molecule has 3 heteroatoms. The highest BCUT2D eigenvalue weighted by atomic mass is 16.3. The standard InChI is InChI=1S/C26H51N2O/c1-4-6-7-8-9-10-11-12-13-14-15-16-17-18-19-20-21-22-26-27-23-24-28(26,5-2)25(3)29/h17-18,23,25-26,29H,4-16,19-22,24H2,1-3H3/q+1/b18-17+. The molecule has 0 fully saturated rings. The van der Waals surface area contributed by atoms with Crippen LogP contribution in [0.15, 0.2) is 17.1 Å². The van der Waals surface area contributed by atoms with Crippen molar-refractivity contribution < 1.29 is 9.59 Å². The lowest BCUT2D eigenvalue weighted by Crippen LogP contribution is -2.57. The van der Waals surface area contributed by atoms with E-state index in [1.54, 1.807) is 0 Å². The Bertz CT molecular complexity index is 432. The fourth-order valence-corrected chi connectivity index (χ4v) is 4.66. The molecule has 0 saturated carbocycles. The molecule has 3 atom stereocenters. The zero-order chi connectivity index (χ0) is 21.2. The van der Waals surface area contributed by atoms with Crippen LogP contribution in [-0.2, 0) is 0 Å². The Balaban J connectivity index is 1.90. The molecular weight excluding hydrogens is 356 g/mol. The van der Waals surface area contributed by atoms with Crippen LogP contribution in [0.4, 0.5) is 0 Å². The summed E-state index contributed by atoms with van der Waals surface area (Å²) in [5, 5.41) is 10.2. The van der Waals surface area contributed by atoms with Gasteiger partial charge in [0.1, 0.15) is 6.54 Å². The maximum Gasteiger partial charge on any atom is 0.189 e. The average Bonchev–Trinajstić information content (AvgIpc) is 3.14. The Morgan fingerprint density at radius 2 is 1.38 bits per heavy atom. The molecule has 0 spiro atoms. The fourth-order valence-electron chi connectivity index (χ4n) is 4.66. The van der Waals surface area contributed by atoms with Gasteiger partial charge in [-0.3, -0.25) is 4.48 Å². The van der Waals surface area contributed by atoms with Crippen LogP contribution >= 0.6 is 0 Å². The van der Waals surface area contributed by atoms with Gasteiger partial charge in [-0.2, -0.15) is 0 Å². The second kappa shape index (κ2) is 17.1. The van der Waals surface area contributed by atoms with E-state index >= 15 is 0 Å². The molecule has 3 nitrogen and oxygen atoms in total. The number of nitrogens with zero attached hydrogens (tertiary/aromatic N) is 2. The van der Waals surface area contributed by atoms with Crippen LogP contribution in [-0.4, -0.2) is 41.3 Å².